The second-order valence-corrected chi connectivity index (χ2v) is 22.0. The molecule has 8 heterocycles. The van der Waals surface area contributed by atoms with Crippen molar-refractivity contribution in [2.75, 3.05) is 46.0 Å². The Bertz CT molecular complexity index is 2430. The summed E-state index contributed by atoms with van der Waals surface area (Å²) in [6, 6.07) is 2.17. The Morgan fingerprint density at radius 2 is 1.05 bits per heavy atom. The molecule has 4 aliphatic heterocycles. The fourth-order valence-electron chi connectivity index (χ4n) is 9.92. The number of anilines is 6. The summed E-state index contributed by atoms with van der Waals surface area (Å²) < 4.78 is 98.8. The standard InChI is InChI=1S/C41H58F2N14O7S2/c1-7-65(59,60)56-25-11-9-12-26(56)18-29(17-25)54(5)39-44-31(35(42)37(48-39)46-33-15-23(3)50-52-33)21-63-41(58)64-22-32-36(43)38(47-34-16-24(4)51-53-34)49-40(45-32)55(6)30-19-27-13-10-14-28(20-30)57(27)66(61,62)8-2/h15-16,25-30H,7-14,17-22H2,1-6H3,(H2,44,46,48,50,52)(H2,45,47,49,51,53)/t25-,26+,27-,28+,29-,30-. The predicted octanol–water partition coefficient (Wildman–Crippen LogP) is 5.29. The molecule has 0 aliphatic carbocycles. The van der Waals surface area contributed by atoms with Crippen molar-refractivity contribution in [3.05, 3.63) is 46.5 Å². The number of ether oxygens (including phenoxy) is 2. The van der Waals surface area contributed by atoms with Gasteiger partial charge < -0.3 is 29.9 Å². The quantitative estimate of drug-likeness (QED) is 0.104. The molecule has 0 amide bonds. The summed E-state index contributed by atoms with van der Waals surface area (Å²) >= 11 is 0. The molecule has 6 atom stereocenters. The molecule has 21 nitrogen and oxygen atoms in total. The molecule has 4 aromatic heterocycles. The molecule has 4 fully saturated rings. The van der Waals surface area contributed by atoms with E-state index in [1.807, 2.05) is 0 Å². The van der Waals surface area contributed by atoms with Crippen molar-refractivity contribution < 1.29 is 39.9 Å². The van der Waals surface area contributed by atoms with E-state index in [1.165, 1.54) is 0 Å². The average Bonchev–Trinajstić information content (AvgIpc) is 3.90. The molecule has 4 saturated heterocycles. The van der Waals surface area contributed by atoms with Crippen LogP contribution in [0.3, 0.4) is 0 Å². The molecule has 360 valence electrons. The summed E-state index contributed by atoms with van der Waals surface area (Å²) in [5.41, 5.74) is 0.846. The van der Waals surface area contributed by atoms with E-state index in [-0.39, 0.29) is 94.3 Å². The van der Waals surface area contributed by atoms with Crippen LogP contribution >= 0.6 is 0 Å². The van der Waals surface area contributed by atoms with Gasteiger partial charge in [0.1, 0.15) is 24.6 Å². The van der Waals surface area contributed by atoms with Gasteiger partial charge in [-0.05, 0) is 79.1 Å². The zero-order valence-electron chi connectivity index (χ0n) is 37.9. The van der Waals surface area contributed by atoms with Crippen molar-refractivity contribution in [2.45, 2.75) is 141 Å². The lowest BCUT2D eigenvalue weighted by Gasteiger charge is -2.49. The third-order valence-corrected chi connectivity index (χ3v) is 17.2. The Hall–Kier alpha value is -5.27. The maximum Gasteiger partial charge on any atom is 0.509 e. The molecule has 4 aromatic rings. The Morgan fingerprint density at radius 1 is 0.682 bits per heavy atom. The number of nitrogens with one attached hydrogen (secondary N) is 4. The number of hydrogen-bond donors (Lipinski definition) is 4. The number of carbonyl (C=O) groups excluding carboxylic acids is 1. The van der Waals surface area contributed by atoms with Crippen LogP contribution < -0.4 is 20.4 Å². The first-order valence-corrected chi connectivity index (χ1v) is 25.6. The summed E-state index contributed by atoms with van der Waals surface area (Å²) in [6.07, 6.45) is 5.56. The summed E-state index contributed by atoms with van der Waals surface area (Å²) in [5, 5.41) is 19.6. The van der Waals surface area contributed by atoms with E-state index >= 15 is 8.78 Å². The number of aryl methyl sites for hydroxylation is 2. The third-order valence-electron chi connectivity index (χ3n) is 13.2. The van der Waals surface area contributed by atoms with Gasteiger partial charge in [-0.25, -0.2) is 40.4 Å². The number of aromatic nitrogens is 8. The van der Waals surface area contributed by atoms with E-state index in [2.05, 4.69) is 51.0 Å². The number of fused-ring (bicyclic) bond motifs is 4. The van der Waals surface area contributed by atoms with E-state index in [0.29, 0.717) is 37.1 Å². The topological polar surface area (TPSA) is 250 Å². The number of sulfonamides is 2. The highest BCUT2D eigenvalue weighted by molar-refractivity contribution is 7.89. The van der Waals surface area contributed by atoms with Gasteiger partial charge in [0.05, 0.1) is 11.5 Å². The molecule has 4 bridgehead atoms. The van der Waals surface area contributed by atoms with Gasteiger partial charge >= 0.3 is 6.16 Å². The number of hydrogen-bond acceptors (Lipinski definition) is 17. The van der Waals surface area contributed by atoms with E-state index < -0.39 is 51.1 Å². The number of H-pyrrole nitrogens is 2. The molecule has 66 heavy (non-hydrogen) atoms. The molecule has 25 heteroatoms. The summed E-state index contributed by atoms with van der Waals surface area (Å²) in [4.78, 5) is 34.8. The molecule has 0 spiro atoms. The first kappa shape index (κ1) is 47.2. The number of halogens is 2. The van der Waals surface area contributed by atoms with Gasteiger partial charge in [0.15, 0.2) is 34.9 Å². The second kappa shape index (κ2) is 19.1. The van der Waals surface area contributed by atoms with Crippen molar-refractivity contribution in [2.24, 2.45) is 0 Å². The zero-order valence-corrected chi connectivity index (χ0v) is 39.6. The van der Waals surface area contributed by atoms with Gasteiger partial charge in [0.25, 0.3) is 0 Å². The number of aromatic amines is 2. The lowest BCUT2D eigenvalue weighted by molar-refractivity contribution is 0.0416. The Kier molecular flexibility index (Phi) is 13.7. The van der Waals surface area contributed by atoms with Crippen LogP contribution in [0.5, 0.6) is 0 Å². The number of piperidine rings is 4. The average molecular weight is 961 g/mol. The summed E-state index contributed by atoms with van der Waals surface area (Å²) in [5.74, 6) is -1.47. The van der Waals surface area contributed by atoms with Crippen LogP contribution in [-0.2, 0) is 42.7 Å². The highest BCUT2D eigenvalue weighted by atomic mass is 32.2. The summed E-state index contributed by atoms with van der Waals surface area (Å²) in [7, 11) is -3.31. The predicted molar refractivity (Wildman–Crippen MR) is 240 cm³/mol. The fourth-order valence-corrected chi connectivity index (χ4v) is 13.1. The van der Waals surface area contributed by atoms with Crippen molar-refractivity contribution in [1.82, 2.24) is 48.9 Å². The number of nitrogens with zero attached hydrogens (tertiary/aromatic N) is 10. The van der Waals surface area contributed by atoms with Crippen LogP contribution in [0.4, 0.5) is 48.7 Å². The first-order chi connectivity index (χ1) is 31.4. The minimum absolute atomic E-state index is 0.0159. The maximum absolute atomic E-state index is 16.2. The Balaban J connectivity index is 1.00. The van der Waals surface area contributed by atoms with Crippen molar-refractivity contribution in [1.29, 1.82) is 0 Å². The van der Waals surface area contributed by atoms with Gasteiger partial charge in [0.2, 0.25) is 31.9 Å². The molecule has 4 N–H and O–H groups in total. The highest BCUT2D eigenvalue weighted by Gasteiger charge is 2.46. The van der Waals surface area contributed by atoms with Gasteiger partial charge in [-0.2, -0.15) is 28.8 Å². The van der Waals surface area contributed by atoms with E-state index in [0.717, 1.165) is 38.5 Å². The molecule has 0 unspecified atom stereocenters. The van der Waals surface area contributed by atoms with Gasteiger partial charge in [0, 0.05) is 73.9 Å². The molecule has 0 aromatic carbocycles. The van der Waals surface area contributed by atoms with Crippen LogP contribution in [0.25, 0.3) is 0 Å². The third kappa shape index (κ3) is 9.88. The lowest BCUT2D eigenvalue weighted by atomic mass is 9.83. The van der Waals surface area contributed by atoms with Crippen LogP contribution in [0.15, 0.2) is 12.1 Å². The smallest absolute Gasteiger partial charge is 0.428 e. The van der Waals surface area contributed by atoms with Crippen LogP contribution in [-0.4, -0.2) is 134 Å². The molecule has 8 rings (SSSR count). The Morgan fingerprint density at radius 3 is 1.36 bits per heavy atom. The number of carbonyl (C=O) groups is 1. The Labute approximate surface area is 382 Å². The fraction of sp³-hybridized carbons (Fsp3) is 0.634. The van der Waals surface area contributed by atoms with Crippen molar-refractivity contribution in [3.8, 4) is 0 Å². The normalized spacial score (nSPS) is 23.6. The molecular weight excluding hydrogens is 903 g/mol. The maximum atomic E-state index is 16.2. The minimum Gasteiger partial charge on any atom is -0.428 e. The van der Waals surface area contributed by atoms with Crippen molar-refractivity contribution in [3.63, 3.8) is 0 Å². The second-order valence-electron chi connectivity index (χ2n) is 17.6. The van der Waals surface area contributed by atoms with Gasteiger partial charge in [-0.1, -0.05) is 12.8 Å². The minimum atomic E-state index is -3.42. The largest absolute Gasteiger partial charge is 0.509 e. The lowest BCUT2D eigenvalue weighted by Crippen LogP contribution is -2.58. The van der Waals surface area contributed by atoms with E-state index in [1.54, 1.807) is 72.3 Å². The van der Waals surface area contributed by atoms with Crippen LogP contribution in [0.1, 0.15) is 101 Å². The zero-order chi connectivity index (χ0) is 47.1. The van der Waals surface area contributed by atoms with Gasteiger partial charge in [-0.3, -0.25) is 10.2 Å². The SMILES string of the molecule is CCS(=O)(=O)N1[C@@H]2CCC[C@H]1C[C@H](N(C)c1nc(COC(=O)OCc3nc(N(C)[C@@H]4C[C@H]5CCC[C@@H](C4)N5S(=O)(=O)CC)nc(Nc4cc(C)[nH]n4)c3F)c(F)c(Nc3cc(C)[nH]n3)n1)C2. The first-order valence-electron chi connectivity index (χ1n) is 22.4. The van der Waals surface area contributed by atoms with Crippen LogP contribution in [0.2, 0.25) is 0 Å². The highest BCUT2D eigenvalue weighted by Crippen LogP contribution is 2.40. The monoisotopic (exact) mass is 960 g/mol. The van der Waals surface area contributed by atoms with E-state index in [9.17, 15) is 21.6 Å². The van der Waals surface area contributed by atoms with Crippen LogP contribution in [0, 0.1) is 25.5 Å². The van der Waals surface area contributed by atoms with Gasteiger partial charge in [-0.15, -0.1) is 0 Å². The summed E-state index contributed by atoms with van der Waals surface area (Å²) in [6.45, 7) is 5.47. The van der Waals surface area contributed by atoms with Crippen molar-refractivity contribution >= 4 is 61.4 Å². The molecule has 0 radical (unpaired) electrons. The molecular formula is C41H58F2N14O7S2. The molecule has 0 saturated carbocycles. The van der Waals surface area contributed by atoms with E-state index in [4.69, 9.17) is 9.47 Å². The number of rotatable bonds is 16. The molecule has 4 aliphatic rings.